The third-order valence-electron chi connectivity index (χ3n) is 5.29. The highest BCUT2D eigenvalue weighted by molar-refractivity contribution is 8.14. The molecule has 0 spiro atoms. The Morgan fingerprint density at radius 2 is 2.16 bits per heavy atom. The van der Waals surface area contributed by atoms with E-state index in [1.165, 1.54) is 4.90 Å². The van der Waals surface area contributed by atoms with Crippen LogP contribution in [-0.4, -0.2) is 79.8 Å². The Kier molecular flexibility index (Phi) is 4.28. The fourth-order valence-corrected chi connectivity index (χ4v) is 6.44. The highest BCUT2D eigenvalue weighted by Crippen LogP contribution is 2.52. The number of aliphatic hydroxyl groups excluding tert-OH is 1. The molecule has 9 heteroatoms. The number of carbonyl (C=O) groups excluding carboxylic acids is 1. The molecule has 4 heterocycles. The largest absolute Gasteiger partial charge is 0.477 e. The Labute approximate surface area is 154 Å². The van der Waals surface area contributed by atoms with Gasteiger partial charge in [-0.15, -0.1) is 11.8 Å². The summed E-state index contributed by atoms with van der Waals surface area (Å²) in [5.74, 6) is -0.841. The number of fused-ring (bicyclic) bond motifs is 1. The van der Waals surface area contributed by atoms with Crippen LogP contribution in [0.15, 0.2) is 15.6 Å². The number of hydrogen-bond donors (Lipinski definition) is 2. The first-order valence-corrected chi connectivity index (χ1v) is 10.3. The van der Waals surface area contributed by atoms with Crippen LogP contribution in [0.25, 0.3) is 0 Å². The van der Waals surface area contributed by atoms with Gasteiger partial charge < -0.3 is 20.0 Å². The zero-order valence-electron chi connectivity index (χ0n) is 14.1. The lowest BCUT2D eigenvalue weighted by Crippen LogP contribution is -2.63. The number of amides is 1. The van der Waals surface area contributed by atoms with Crippen molar-refractivity contribution in [3.05, 3.63) is 10.6 Å². The normalized spacial score (nSPS) is 33.2. The lowest BCUT2D eigenvalue weighted by molar-refractivity contribution is -0.163. The molecular formula is C16H21N3O4S2. The summed E-state index contributed by atoms with van der Waals surface area (Å²) in [7, 11) is 0. The summed E-state index contributed by atoms with van der Waals surface area (Å²) < 4.78 is 0. The number of thioether (sulfide) groups is 2. The lowest BCUT2D eigenvalue weighted by atomic mass is 9.79. The lowest BCUT2D eigenvalue weighted by Gasteiger charge is -2.46. The topological polar surface area (TPSA) is 93.4 Å². The Morgan fingerprint density at radius 3 is 2.72 bits per heavy atom. The van der Waals surface area contributed by atoms with Crippen LogP contribution in [0.5, 0.6) is 0 Å². The number of aliphatic hydroxyl groups is 1. The standard InChI is InChI=1S/C16H21N3O4S2/c1-7-11-10(8(2)20)14(21)19(11)12(15(22)23)13(7)25-9-5-18(6-9)16-17-3-4-24-16/h7-11,20H,3-6H2,1-2H3,(H,22,23)/t7?,8?,10?,11-/m1/s1. The van der Waals surface area contributed by atoms with Gasteiger partial charge in [-0.2, -0.15) is 0 Å². The van der Waals surface area contributed by atoms with E-state index in [-0.39, 0.29) is 23.6 Å². The van der Waals surface area contributed by atoms with E-state index in [4.69, 9.17) is 0 Å². The van der Waals surface area contributed by atoms with Crippen molar-refractivity contribution in [3.8, 4) is 0 Å². The summed E-state index contributed by atoms with van der Waals surface area (Å²) in [6.07, 6.45) is -0.757. The van der Waals surface area contributed by atoms with Gasteiger partial charge in [-0.1, -0.05) is 18.7 Å². The molecule has 0 aromatic heterocycles. The number of carboxylic acid groups (broad SMARTS) is 1. The van der Waals surface area contributed by atoms with Gasteiger partial charge in [0, 0.05) is 34.9 Å². The second kappa shape index (κ2) is 6.21. The maximum Gasteiger partial charge on any atom is 0.353 e. The number of carbonyl (C=O) groups is 2. The number of rotatable bonds is 4. The summed E-state index contributed by atoms with van der Waals surface area (Å²) >= 11 is 3.35. The van der Waals surface area contributed by atoms with Crippen LogP contribution in [-0.2, 0) is 9.59 Å². The minimum Gasteiger partial charge on any atom is -0.477 e. The first kappa shape index (κ1) is 17.2. The predicted octanol–water partition coefficient (Wildman–Crippen LogP) is 0.660. The molecular weight excluding hydrogens is 362 g/mol. The van der Waals surface area contributed by atoms with Crippen LogP contribution in [0, 0.1) is 11.8 Å². The van der Waals surface area contributed by atoms with E-state index in [0.29, 0.717) is 5.25 Å². The van der Waals surface area contributed by atoms with E-state index in [1.54, 1.807) is 30.4 Å². The summed E-state index contributed by atoms with van der Waals surface area (Å²) in [6, 6.07) is -0.230. The van der Waals surface area contributed by atoms with Gasteiger partial charge >= 0.3 is 5.97 Å². The van der Waals surface area contributed by atoms with Crippen molar-refractivity contribution in [2.45, 2.75) is 31.2 Å². The van der Waals surface area contributed by atoms with Crippen LogP contribution in [0.4, 0.5) is 0 Å². The van der Waals surface area contributed by atoms with Gasteiger partial charge in [-0.3, -0.25) is 9.79 Å². The van der Waals surface area contributed by atoms with Crippen molar-refractivity contribution in [3.63, 3.8) is 0 Å². The summed E-state index contributed by atoms with van der Waals surface area (Å²) in [5.41, 5.74) is 0.121. The van der Waals surface area contributed by atoms with Gasteiger partial charge in [0.15, 0.2) is 5.17 Å². The van der Waals surface area contributed by atoms with E-state index in [2.05, 4.69) is 9.89 Å². The highest BCUT2D eigenvalue weighted by Gasteiger charge is 2.60. The zero-order valence-corrected chi connectivity index (χ0v) is 15.7. The average Bonchev–Trinajstić information content (AvgIpc) is 3.08. The van der Waals surface area contributed by atoms with Crippen LogP contribution in [0.2, 0.25) is 0 Å². The van der Waals surface area contributed by atoms with Gasteiger partial charge in [-0.05, 0) is 6.92 Å². The number of aliphatic imine (C=N–C) groups is 1. The van der Waals surface area contributed by atoms with E-state index < -0.39 is 18.0 Å². The smallest absolute Gasteiger partial charge is 0.353 e. The number of nitrogens with zero attached hydrogens (tertiary/aromatic N) is 3. The highest BCUT2D eigenvalue weighted by atomic mass is 32.2. The summed E-state index contributed by atoms with van der Waals surface area (Å²) in [5, 5.41) is 20.9. The summed E-state index contributed by atoms with van der Waals surface area (Å²) in [4.78, 5) is 33.0. The molecule has 7 nitrogen and oxygen atoms in total. The van der Waals surface area contributed by atoms with Crippen molar-refractivity contribution in [1.29, 1.82) is 0 Å². The van der Waals surface area contributed by atoms with Crippen molar-refractivity contribution in [1.82, 2.24) is 9.80 Å². The van der Waals surface area contributed by atoms with Gasteiger partial charge in [0.05, 0.1) is 24.6 Å². The van der Waals surface area contributed by atoms with E-state index in [9.17, 15) is 19.8 Å². The molecule has 4 aliphatic rings. The second-order valence-corrected chi connectivity index (χ2v) is 9.33. The van der Waals surface area contributed by atoms with Crippen molar-refractivity contribution in [2.24, 2.45) is 16.8 Å². The van der Waals surface area contributed by atoms with E-state index in [1.807, 2.05) is 6.92 Å². The Balaban J connectivity index is 1.49. The van der Waals surface area contributed by atoms with Gasteiger partial charge in [0.1, 0.15) is 5.70 Å². The molecule has 0 bridgehead atoms. The molecule has 4 atom stereocenters. The minimum atomic E-state index is -1.05. The molecule has 0 aromatic carbocycles. The number of amidine groups is 1. The molecule has 4 rings (SSSR count). The second-order valence-electron chi connectivity index (χ2n) is 6.93. The minimum absolute atomic E-state index is 0.0550. The maximum absolute atomic E-state index is 12.3. The molecule has 0 aromatic rings. The molecule has 3 unspecified atom stereocenters. The average molecular weight is 383 g/mol. The monoisotopic (exact) mass is 383 g/mol. The molecule has 4 aliphatic heterocycles. The number of carboxylic acids is 1. The van der Waals surface area contributed by atoms with Crippen molar-refractivity contribution >= 4 is 40.6 Å². The number of hydrogen-bond acceptors (Lipinski definition) is 7. The molecule has 0 saturated carbocycles. The van der Waals surface area contributed by atoms with E-state index >= 15 is 0 Å². The van der Waals surface area contributed by atoms with Gasteiger partial charge in [0.25, 0.3) is 0 Å². The third kappa shape index (κ3) is 2.59. The third-order valence-corrected chi connectivity index (χ3v) is 7.78. The molecule has 0 aliphatic carbocycles. The Morgan fingerprint density at radius 1 is 1.44 bits per heavy atom. The van der Waals surface area contributed by atoms with Gasteiger partial charge in [-0.25, -0.2) is 4.79 Å². The number of β-lactam (4-membered cyclic amide) rings is 1. The number of likely N-dealkylation sites (tertiary alicyclic amines) is 1. The Hall–Kier alpha value is -1.19. The van der Waals surface area contributed by atoms with Crippen LogP contribution >= 0.6 is 23.5 Å². The predicted molar refractivity (Wildman–Crippen MR) is 97.3 cm³/mol. The fourth-order valence-electron chi connectivity index (χ4n) is 4.04. The van der Waals surface area contributed by atoms with Crippen molar-refractivity contribution in [2.75, 3.05) is 25.4 Å². The maximum atomic E-state index is 12.3. The Bertz CT molecular complexity index is 687. The molecule has 2 N–H and O–H groups in total. The molecule has 0 radical (unpaired) electrons. The molecule has 136 valence electrons. The van der Waals surface area contributed by atoms with Crippen LogP contribution in [0.1, 0.15) is 13.8 Å². The zero-order chi connectivity index (χ0) is 17.9. The summed E-state index contributed by atoms with van der Waals surface area (Å²) in [6.45, 7) is 6.16. The SMILES string of the molecule is CC(O)C1C(=O)N2C(C(=O)O)=C(SC3CN(C4=NCCS4)C3)C(C)[C@H]12. The number of aliphatic carboxylic acids is 1. The van der Waals surface area contributed by atoms with E-state index in [0.717, 1.165) is 35.5 Å². The van der Waals surface area contributed by atoms with Gasteiger partial charge in [0.2, 0.25) is 5.91 Å². The van der Waals surface area contributed by atoms with Crippen molar-refractivity contribution < 1.29 is 19.8 Å². The first-order valence-electron chi connectivity index (χ1n) is 8.47. The van der Waals surface area contributed by atoms with Crippen LogP contribution in [0.3, 0.4) is 0 Å². The molecule has 1 amide bonds. The molecule has 2 saturated heterocycles. The molecule has 25 heavy (non-hydrogen) atoms. The fraction of sp³-hybridized carbons (Fsp3) is 0.688. The first-order chi connectivity index (χ1) is 11.9. The quantitative estimate of drug-likeness (QED) is 0.689. The van der Waals surface area contributed by atoms with Crippen LogP contribution < -0.4 is 0 Å². The molecule has 2 fully saturated rings.